The van der Waals surface area contributed by atoms with E-state index in [2.05, 4.69) is 44.9 Å². The largest absolute Gasteiger partial charge is 0.298 e. The molecule has 0 fully saturated rings. The zero-order valence-corrected chi connectivity index (χ0v) is 15.1. The summed E-state index contributed by atoms with van der Waals surface area (Å²) >= 11 is 1.47. The van der Waals surface area contributed by atoms with E-state index in [0.717, 1.165) is 22.2 Å². The third kappa shape index (κ3) is 3.06. The van der Waals surface area contributed by atoms with Crippen molar-refractivity contribution in [1.82, 2.24) is 25.2 Å². The maximum absolute atomic E-state index is 12.6. The molecule has 0 bridgehead atoms. The molecule has 0 aliphatic rings. The lowest BCUT2D eigenvalue weighted by molar-refractivity contribution is 0.102. The summed E-state index contributed by atoms with van der Waals surface area (Å²) in [7, 11) is 1.76. The van der Waals surface area contributed by atoms with Crippen molar-refractivity contribution in [2.45, 2.75) is 13.3 Å². The molecule has 0 atom stereocenters. The third-order valence-corrected chi connectivity index (χ3v) is 5.02. The molecule has 4 aromatic rings. The number of aromatic nitrogens is 5. The fourth-order valence-corrected chi connectivity index (χ4v) is 3.61. The van der Waals surface area contributed by atoms with Gasteiger partial charge in [-0.25, -0.2) is 9.67 Å². The predicted octanol–water partition coefficient (Wildman–Crippen LogP) is 3.30. The van der Waals surface area contributed by atoms with Crippen molar-refractivity contribution in [3.05, 3.63) is 53.6 Å². The maximum Gasteiger partial charge on any atom is 0.257 e. The van der Waals surface area contributed by atoms with Gasteiger partial charge in [-0.15, -0.1) is 5.10 Å². The van der Waals surface area contributed by atoms with Gasteiger partial charge in [-0.3, -0.25) is 10.1 Å². The zero-order valence-electron chi connectivity index (χ0n) is 14.3. The Bertz CT molecular complexity index is 1100. The van der Waals surface area contributed by atoms with Crippen molar-refractivity contribution in [3.8, 4) is 11.4 Å². The number of hydrogen-bond donors (Lipinski definition) is 1. The minimum Gasteiger partial charge on any atom is -0.298 e. The van der Waals surface area contributed by atoms with Gasteiger partial charge in [0.2, 0.25) is 0 Å². The number of fused-ring (bicyclic) bond motifs is 1. The molecule has 7 nitrogen and oxygen atoms in total. The predicted molar refractivity (Wildman–Crippen MR) is 101 cm³/mol. The molecule has 2 heterocycles. The lowest BCUT2D eigenvalue weighted by Crippen LogP contribution is -2.11. The van der Waals surface area contributed by atoms with Crippen molar-refractivity contribution < 1.29 is 4.79 Å². The number of nitrogens with zero attached hydrogens (tertiary/aromatic N) is 5. The first-order valence-electron chi connectivity index (χ1n) is 8.17. The number of carbonyl (C=O) groups is 1. The molecule has 0 unspecified atom stereocenters. The first-order chi connectivity index (χ1) is 12.6. The van der Waals surface area contributed by atoms with Crippen LogP contribution in [0.1, 0.15) is 22.8 Å². The van der Waals surface area contributed by atoms with E-state index < -0.39 is 0 Å². The lowest BCUT2D eigenvalue weighted by Gasteiger charge is -2.04. The second-order valence-corrected chi connectivity index (χ2v) is 6.87. The lowest BCUT2D eigenvalue weighted by atomic mass is 10.1. The van der Waals surface area contributed by atoms with Gasteiger partial charge >= 0.3 is 0 Å². The highest BCUT2D eigenvalue weighted by atomic mass is 32.1. The third-order valence-electron chi connectivity index (χ3n) is 4.08. The van der Waals surface area contributed by atoms with Gasteiger partial charge in [-0.2, -0.15) is 0 Å². The minimum absolute atomic E-state index is 0.211. The number of anilines is 1. The molecule has 0 aliphatic heterocycles. The molecule has 0 saturated carbocycles. The Kier molecular flexibility index (Phi) is 4.18. The smallest absolute Gasteiger partial charge is 0.257 e. The van der Waals surface area contributed by atoms with Crippen molar-refractivity contribution in [3.63, 3.8) is 0 Å². The molecular weight excluding hydrogens is 348 g/mol. The Morgan fingerprint density at radius 1 is 1.23 bits per heavy atom. The molecule has 2 aromatic carbocycles. The molecular formula is C18H16N6OS. The number of hydrogen-bond acceptors (Lipinski definition) is 6. The van der Waals surface area contributed by atoms with Crippen LogP contribution < -0.4 is 5.32 Å². The Labute approximate surface area is 153 Å². The SMILES string of the molecule is CCc1ccc2nc(NC(=O)c3cccc(-c4nnnn4C)c3)sc2c1. The monoisotopic (exact) mass is 364 g/mol. The number of aryl methyl sites for hydroxylation is 2. The molecule has 0 radical (unpaired) electrons. The number of amides is 1. The van der Waals surface area contributed by atoms with Crippen LogP contribution in [0, 0.1) is 0 Å². The fourth-order valence-electron chi connectivity index (χ4n) is 2.69. The van der Waals surface area contributed by atoms with Crippen LogP contribution in [0.4, 0.5) is 5.13 Å². The first kappa shape index (κ1) is 16.3. The van der Waals surface area contributed by atoms with Crippen LogP contribution in [0.3, 0.4) is 0 Å². The van der Waals surface area contributed by atoms with E-state index in [1.54, 1.807) is 23.9 Å². The molecule has 2 aromatic heterocycles. The quantitative estimate of drug-likeness (QED) is 0.600. The number of benzene rings is 2. The van der Waals surface area contributed by atoms with Crippen molar-refractivity contribution in [2.24, 2.45) is 7.05 Å². The second-order valence-electron chi connectivity index (χ2n) is 5.84. The summed E-state index contributed by atoms with van der Waals surface area (Å²) in [5.74, 6) is 0.392. The fraction of sp³-hybridized carbons (Fsp3) is 0.167. The van der Waals surface area contributed by atoms with Gasteiger partial charge in [-0.1, -0.05) is 36.5 Å². The van der Waals surface area contributed by atoms with Crippen LogP contribution in [-0.2, 0) is 13.5 Å². The second kappa shape index (κ2) is 6.64. The van der Waals surface area contributed by atoms with Gasteiger partial charge < -0.3 is 0 Å². The van der Waals surface area contributed by atoms with Crippen molar-refractivity contribution in [2.75, 3.05) is 5.32 Å². The Hall–Kier alpha value is -3.13. The molecule has 0 aliphatic carbocycles. The standard InChI is InChI=1S/C18H16N6OS/c1-3-11-7-8-14-15(9-11)26-18(19-14)20-17(25)13-6-4-5-12(10-13)16-21-22-23-24(16)2/h4-10H,3H2,1-2H3,(H,19,20,25). The summed E-state index contributed by atoms with van der Waals surface area (Å²) in [5.41, 5.74) is 3.45. The summed E-state index contributed by atoms with van der Waals surface area (Å²) in [6.07, 6.45) is 0.971. The molecule has 8 heteroatoms. The number of rotatable bonds is 4. The van der Waals surface area contributed by atoms with E-state index in [1.807, 2.05) is 18.2 Å². The summed E-state index contributed by atoms with van der Waals surface area (Å²) in [5, 5.41) is 14.9. The van der Waals surface area contributed by atoms with E-state index in [9.17, 15) is 4.79 Å². The van der Waals surface area contributed by atoms with E-state index in [0.29, 0.717) is 16.5 Å². The van der Waals surface area contributed by atoms with Crippen LogP contribution in [0.15, 0.2) is 42.5 Å². The number of thiazole rings is 1. The topological polar surface area (TPSA) is 85.6 Å². The summed E-state index contributed by atoms with van der Waals surface area (Å²) in [6.45, 7) is 2.12. The van der Waals surface area contributed by atoms with Gasteiger partial charge in [0.1, 0.15) is 0 Å². The van der Waals surface area contributed by atoms with E-state index in [1.165, 1.54) is 16.9 Å². The minimum atomic E-state index is -0.211. The molecule has 130 valence electrons. The molecule has 26 heavy (non-hydrogen) atoms. The number of nitrogens with one attached hydrogen (secondary N) is 1. The first-order valence-corrected chi connectivity index (χ1v) is 8.99. The van der Waals surface area contributed by atoms with Crippen LogP contribution in [0.5, 0.6) is 0 Å². The molecule has 0 saturated heterocycles. The van der Waals surface area contributed by atoms with Gasteiger partial charge in [0.15, 0.2) is 11.0 Å². The van der Waals surface area contributed by atoms with Crippen molar-refractivity contribution >= 4 is 32.6 Å². The van der Waals surface area contributed by atoms with E-state index in [4.69, 9.17) is 0 Å². The Balaban J connectivity index is 1.59. The van der Waals surface area contributed by atoms with Gasteiger partial charge in [0, 0.05) is 18.2 Å². The zero-order chi connectivity index (χ0) is 18.1. The van der Waals surface area contributed by atoms with Gasteiger partial charge in [0.05, 0.1) is 10.2 Å². The molecule has 1 amide bonds. The molecule has 1 N–H and O–H groups in total. The van der Waals surface area contributed by atoms with Crippen molar-refractivity contribution in [1.29, 1.82) is 0 Å². The van der Waals surface area contributed by atoms with E-state index in [-0.39, 0.29) is 5.91 Å². The van der Waals surface area contributed by atoms with Crippen LogP contribution in [-0.4, -0.2) is 31.1 Å². The Morgan fingerprint density at radius 3 is 2.88 bits per heavy atom. The molecule has 4 rings (SSSR count). The number of tetrazole rings is 1. The highest BCUT2D eigenvalue weighted by molar-refractivity contribution is 7.22. The maximum atomic E-state index is 12.6. The van der Waals surface area contributed by atoms with Crippen LogP contribution in [0.2, 0.25) is 0 Å². The van der Waals surface area contributed by atoms with Crippen LogP contribution >= 0.6 is 11.3 Å². The highest BCUT2D eigenvalue weighted by Gasteiger charge is 2.13. The average molecular weight is 364 g/mol. The Morgan fingerprint density at radius 2 is 2.12 bits per heavy atom. The van der Waals surface area contributed by atoms with E-state index >= 15 is 0 Å². The molecule has 0 spiro atoms. The van der Waals surface area contributed by atoms with Gasteiger partial charge in [0.25, 0.3) is 5.91 Å². The normalized spacial score (nSPS) is 11.0. The van der Waals surface area contributed by atoms with Gasteiger partial charge in [-0.05, 0) is 46.7 Å². The summed E-state index contributed by atoms with van der Waals surface area (Å²) in [4.78, 5) is 17.1. The summed E-state index contributed by atoms with van der Waals surface area (Å²) < 4.78 is 2.63. The number of carbonyl (C=O) groups excluding carboxylic acids is 1. The average Bonchev–Trinajstić information content (AvgIpc) is 3.26. The highest BCUT2D eigenvalue weighted by Crippen LogP contribution is 2.27. The summed E-state index contributed by atoms with van der Waals surface area (Å²) in [6, 6.07) is 13.4. The van der Waals surface area contributed by atoms with Crippen LogP contribution in [0.25, 0.3) is 21.6 Å².